The molecule has 0 unspecified atom stereocenters. The number of fused-ring (bicyclic) bond motifs is 1. The Morgan fingerprint density at radius 1 is 1.03 bits per heavy atom. The zero-order valence-electron chi connectivity index (χ0n) is 17.2. The Balaban J connectivity index is 1.45. The van der Waals surface area contributed by atoms with E-state index in [2.05, 4.69) is 20.6 Å². The number of imidazole rings is 1. The number of nitrogens with one attached hydrogen (secondary N) is 2. The van der Waals surface area contributed by atoms with E-state index < -0.39 is 11.7 Å². The maximum atomic E-state index is 13.0. The number of benzene rings is 2. The van der Waals surface area contributed by atoms with Crippen LogP contribution in [0, 0.1) is 0 Å². The molecule has 7 nitrogen and oxygen atoms in total. The second-order valence-corrected chi connectivity index (χ2v) is 7.94. The van der Waals surface area contributed by atoms with Crippen molar-refractivity contribution in [3.8, 4) is 0 Å². The van der Waals surface area contributed by atoms with Gasteiger partial charge in [-0.2, -0.15) is 8.78 Å². The number of carbonyl (C=O) groups is 2. The lowest BCUT2D eigenvalue weighted by atomic mass is 10.2. The molecular weight excluding hydrogens is 448 g/mol. The number of nitrogens with zero attached hydrogens (tertiary/aromatic N) is 3. The van der Waals surface area contributed by atoms with Gasteiger partial charge in [-0.1, -0.05) is 24.3 Å². The fraction of sp³-hybridized carbons (Fsp3) is 0.130. The van der Waals surface area contributed by atoms with Gasteiger partial charge in [-0.15, -0.1) is 0 Å². The molecule has 2 N–H and O–H groups in total. The first-order valence-electron chi connectivity index (χ1n) is 9.98. The van der Waals surface area contributed by atoms with Crippen LogP contribution >= 0.6 is 11.8 Å². The summed E-state index contributed by atoms with van der Waals surface area (Å²) in [4.78, 5) is 33.5. The average Bonchev–Trinajstić information content (AvgIpc) is 3.14. The average molecular weight is 468 g/mol. The third kappa shape index (κ3) is 5.72. The maximum absolute atomic E-state index is 13.0. The van der Waals surface area contributed by atoms with Gasteiger partial charge >= 0.3 is 0 Å². The number of pyridine rings is 1. The molecule has 168 valence electrons. The van der Waals surface area contributed by atoms with Crippen molar-refractivity contribution in [3.63, 3.8) is 0 Å². The fourth-order valence-electron chi connectivity index (χ4n) is 3.23. The third-order valence-corrected chi connectivity index (χ3v) is 5.38. The van der Waals surface area contributed by atoms with E-state index in [-0.39, 0.29) is 35.9 Å². The summed E-state index contributed by atoms with van der Waals surface area (Å²) in [6, 6.07) is 18.8. The molecule has 10 heteroatoms. The topological polar surface area (TPSA) is 88.9 Å². The molecule has 33 heavy (non-hydrogen) atoms. The molecule has 4 aromatic rings. The highest BCUT2D eigenvalue weighted by Crippen LogP contribution is 2.28. The minimum atomic E-state index is -2.66. The number of halogens is 2. The van der Waals surface area contributed by atoms with Crippen molar-refractivity contribution in [3.05, 3.63) is 84.2 Å². The van der Waals surface area contributed by atoms with Crippen LogP contribution in [0.5, 0.6) is 0 Å². The second kappa shape index (κ2) is 10.2. The first kappa shape index (κ1) is 22.4. The molecule has 2 aromatic carbocycles. The van der Waals surface area contributed by atoms with Gasteiger partial charge in [0.05, 0.1) is 23.3 Å². The van der Waals surface area contributed by atoms with Gasteiger partial charge in [0, 0.05) is 17.4 Å². The fourth-order valence-corrected chi connectivity index (χ4v) is 3.83. The molecule has 0 radical (unpaired) electrons. The number of carbonyl (C=O) groups excluding carboxylic acids is 2. The number of aromatic nitrogens is 3. The van der Waals surface area contributed by atoms with Crippen LogP contribution < -0.4 is 10.6 Å². The molecule has 2 amide bonds. The molecule has 0 aliphatic rings. The predicted octanol–water partition coefficient (Wildman–Crippen LogP) is 4.31. The van der Waals surface area contributed by atoms with Gasteiger partial charge in [0.25, 0.3) is 11.7 Å². The third-order valence-electron chi connectivity index (χ3n) is 4.68. The van der Waals surface area contributed by atoms with Gasteiger partial charge in [-0.05, 0) is 54.2 Å². The van der Waals surface area contributed by atoms with Crippen LogP contribution in [0.4, 0.5) is 14.5 Å². The summed E-state index contributed by atoms with van der Waals surface area (Å²) in [6.07, 6.45) is 1.65. The minimum Gasteiger partial charge on any atom is -0.346 e. The summed E-state index contributed by atoms with van der Waals surface area (Å²) < 4.78 is 27.4. The van der Waals surface area contributed by atoms with Crippen LogP contribution in [0.1, 0.15) is 16.1 Å². The van der Waals surface area contributed by atoms with Crippen molar-refractivity contribution in [2.24, 2.45) is 0 Å². The van der Waals surface area contributed by atoms with E-state index in [0.29, 0.717) is 22.3 Å². The Labute approximate surface area is 192 Å². The summed E-state index contributed by atoms with van der Waals surface area (Å²) in [5.74, 6) is -3.40. The number of thioether (sulfide) groups is 1. The first-order chi connectivity index (χ1) is 16.0. The van der Waals surface area contributed by atoms with E-state index in [1.54, 1.807) is 66.9 Å². The summed E-state index contributed by atoms with van der Waals surface area (Å²) in [5, 5.41) is 5.55. The lowest BCUT2D eigenvalue weighted by Gasteiger charge is -2.11. The lowest BCUT2D eigenvalue weighted by molar-refractivity contribution is -0.116. The number of hydrogen-bond donors (Lipinski definition) is 2. The van der Waals surface area contributed by atoms with Crippen molar-refractivity contribution < 1.29 is 18.4 Å². The van der Waals surface area contributed by atoms with E-state index in [4.69, 9.17) is 0 Å². The molecule has 2 heterocycles. The van der Waals surface area contributed by atoms with Crippen LogP contribution in [-0.2, 0) is 17.9 Å². The largest absolute Gasteiger partial charge is 0.346 e. The predicted molar refractivity (Wildman–Crippen MR) is 122 cm³/mol. The molecule has 0 spiro atoms. The second-order valence-electron chi connectivity index (χ2n) is 6.98. The van der Waals surface area contributed by atoms with Crippen LogP contribution in [-0.4, -0.2) is 32.1 Å². The molecule has 0 saturated carbocycles. The number of rotatable bonds is 8. The van der Waals surface area contributed by atoms with E-state index in [9.17, 15) is 18.4 Å². The molecule has 0 atom stereocenters. The van der Waals surface area contributed by atoms with E-state index in [1.165, 1.54) is 4.57 Å². The summed E-state index contributed by atoms with van der Waals surface area (Å²) >= 11 is 0.290. The Morgan fingerprint density at radius 3 is 2.64 bits per heavy atom. The molecular formula is C23H19F2N5O2S. The van der Waals surface area contributed by atoms with Crippen molar-refractivity contribution in [2.45, 2.75) is 24.0 Å². The van der Waals surface area contributed by atoms with Crippen LogP contribution in [0.15, 0.2) is 78.1 Å². The zero-order chi connectivity index (χ0) is 23.2. The van der Waals surface area contributed by atoms with Gasteiger partial charge < -0.3 is 15.2 Å². The Hall–Kier alpha value is -3.79. The van der Waals surface area contributed by atoms with Crippen LogP contribution in [0.25, 0.3) is 11.0 Å². The molecule has 0 fully saturated rings. The molecule has 0 aliphatic carbocycles. The summed E-state index contributed by atoms with van der Waals surface area (Å²) in [7, 11) is 0. The van der Waals surface area contributed by atoms with Crippen molar-refractivity contribution in [1.82, 2.24) is 19.9 Å². The van der Waals surface area contributed by atoms with Gasteiger partial charge in [-0.3, -0.25) is 14.6 Å². The van der Waals surface area contributed by atoms with Crippen molar-refractivity contribution >= 4 is 40.3 Å². The number of alkyl halides is 2. The number of anilines is 1. The van der Waals surface area contributed by atoms with Crippen molar-refractivity contribution in [2.75, 3.05) is 5.32 Å². The van der Waals surface area contributed by atoms with Crippen molar-refractivity contribution in [1.29, 1.82) is 0 Å². The van der Waals surface area contributed by atoms with Gasteiger partial charge in [0.1, 0.15) is 6.54 Å². The molecule has 0 aliphatic heterocycles. The monoisotopic (exact) mass is 467 g/mol. The highest BCUT2D eigenvalue weighted by atomic mass is 32.2. The number of para-hydroxylation sites is 2. The zero-order valence-corrected chi connectivity index (χ0v) is 18.1. The Bertz CT molecular complexity index is 1280. The first-order valence-corrected chi connectivity index (χ1v) is 10.9. The summed E-state index contributed by atoms with van der Waals surface area (Å²) in [5.41, 5.74) is 2.61. The minimum absolute atomic E-state index is 0.0593. The molecule has 2 aromatic heterocycles. The Morgan fingerprint density at radius 2 is 1.85 bits per heavy atom. The smallest absolute Gasteiger partial charge is 0.291 e. The number of hydrogen-bond acceptors (Lipinski definition) is 5. The maximum Gasteiger partial charge on any atom is 0.291 e. The number of amides is 2. The van der Waals surface area contributed by atoms with E-state index in [0.717, 1.165) is 5.69 Å². The standard InChI is InChI=1S/C23H19F2N5O2S/c24-22(25)33-23-29-18-9-1-2-10-19(18)30(23)14-20(31)28-16-8-5-6-15(12-16)21(32)27-13-17-7-3-4-11-26-17/h1-12,22H,13-14H2,(H,27,32)(H,28,31). The Kier molecular flexibility index (Phi) is 6.94. The van der Waals surface area contributed by atoms with Crippen LogP contribution in [0.3, 0.4) is 0 Å². The molecule has 0 saturated heterocycles. The lowest BCUT2D eigenvalue weighted by Crippen LogP contribution is -2.24. The SMILES string of the molecule is O=C(Cn1c(SC(F)F)nc2ccccc21)Nc1cccc(C(=O)NCc2ccccn2)c1. The van der Waals surface area contributed by atoms with Crippen LogP contribution in [0.2, 0.25) is 0 Å². The molecule has 0 bridgehead atoms. The molecule has 4 rings (SSSR count). The van der Waals surface area contributed by atoms with E-state index >= 15 is 0 Å². The highest BCUT2D eigenvalue weighted by molar-refractivity contribution is 7.99. The van der Waals surface area contributed by atoms with Gasteiger partial charge in [0.15, 0.2) is 5.16 Å². The highest BCUT2D eigenvalue weighted by Gasteiger charge is 2.18. The quantitative estimate of drug-likeness (QED) is 0.377. The van der Waals surface area contributed by atoms with E-state index in [1.807, 2.05) is 6.07 Å². The summed E-state index contributed by atoms with van der Waals surface area (Å²) in [6.45, 7) is 0.0697. The normalized spacial score (nSPS) is 11.0. The van der Waals surface area contributed by atoms with Gasteiger partial charge in [-0.25, -0.2) is 4.98 Å². The van der Waals surface area contributed by atoms with Gasteiger partial charge in [0.2, 0.25) is 5.91 Å².